The van der Waals surface area contributed by atoms with E-state index < -0.39 is 6.10 Å². The average Bonchev–Trinajstić information content (AvgIpc) is 2.30. The molecular formula is C14H22FNO2. The van der Waals surface area contributed by atoms with E-state index in [9.17, 15) is 9.50 Å². The van der Waals surface area contributed by atoms with Crippen molar-refractivity contribution < 1.29 is 14.2 Å². The Labute approximate surface area is 108 Å². The third-order valence-electron chi connectivity index (χ3n) is 2.91. The van der Waals surface area contributed by atoms with Gasteiger partial charge in [0.25, 0.3) is 0 Å². The molecule has 0 fully saturated rings. The van der Waals surface area contributed by atoms with Crippen molar-refractivity contribution in [3.63, 3.8) is 0 Å². The van der Waals surface area contributed by atoms with Crippen LogP contribution in [0.5, 0.6) is 0 Å². The van der Waals surface area contributed by atoms with Crippen LogP contribution in [0.25, 0.3) is 0 Å². The largest absolute Gasteiger partial charge is 0.389 e. The molecule has 0 spiro atoms. The van der Waals surface area contributed by atoms with Gasteiger partial charge in [-0.25, -0.2) is 4.39 Å². The lowest BCUT2D eigenvalue weighted by atomic mass is 10.1. The van der Waals surface area contributed by atoms with Gasteiger partial charge in [0.15, 0.2) is 0 Å². The highest BCUT2D eigenvalue weighted by molar-refractivity contribution is 5.55. The van der Waals surface area contributed by atoms with E-state index in [1.165, 1.54) is 12.1 Å². The molecule has 102 valence electrons. The van der Waals surface area contributed by atoms with Crippen molar-refractivity contribution in [1.82, 2.24) is 0 Å². The van der Waals surface area contributed by atoms with Crippen LogP contribution in [0.4, 0.5) is 10.1 Å². The molecule has 0 saturated heterocycles. The summed E-state index contributed by atoms with van der Waals surface area (Å²) in [6.07, 6.45) is -0.695. The smallest absolute Gasteiger partial charge is 0.123 e. The zero-order valence-electron chi connectivity index (χ0n) is 11.5. The molecule has 1 N–H and O–H groups in total. The summed E-state index contributed by atoms with van der Waals surface area (Å²) in [5.41, 5.74) is 1.47. The SMILES string of the molecule is COCCN(c1ccc(F)cc1[C@H](C)O)C(C)C. The minimum absolute atomic E-state index is 0.253. The molecule has 18 heavy (non-hydrogen) atoms. The number of hydrogen-bond donors (Lipinski definition) is 1. The van der Waals surface area contributed by atoms with Crippen molar-refractivity contribution in [1.29, 1.82) is 0 Å². The quantitative estimate of drug-likeness (QED) is 0.848. The summed E-state index contributed by atoms with van der Waals surface area (Å²) in [7, 11) is 1.65. The third kappa shape index (κ3) is 3.68. The lowest BCUT2D eigenvalue weighted by Crippen LogP contribution is -2.34. The Morgan fingerprint density at radius 2 is 2.00 bits per heavy atom. The maximum atomic E-state index is 13.3. The Morgan fingerprint density at radius 1 is 1.33 bits per heavy atom. The van der Waals surface area contributed by atoms with Gasteiger partial charge < -0.3 is 14.7 Å². The summed E-state index contributed by atoms with van der Waals surface area (Å²) in [5, 5.41) is 9.76. The zero-order valence-corrected chi connectivity index (χ0v) is 11.5. The van der Waals surface area contributed by atoms with Crippen LogP contribution in [-0.2, 0) is 4.74 Å². The van der Waals surface area contributed by atoms with Crippen LogP contribution in [0.2, 0.25) is 0 Å². The number of halogens is 1. The molecule has 3 nitrogen and oxygen atoms in total. The monoisotopic (exact) mass is 255 g/mol. The van der Waals surface area contributed by atoms with Gasteiger partial charge in [-0.3, -0.25) is 0 Å². The second kappa shape index (κ2) is 6.71. The standard InChI is InChI=1S/C14H22FNO2/c1-10(2)16(7-8-18-4)14-6-5-12(15)9-13(14)11(3)17/h5-6,9-11,17H,7-8H2,1-4H3/t11-/m0/s1. The highest BCUT2D eigenvalue weighted by Crippen LogP contribution is 2.28. The lowest BCUT2D eigenvalue weighted by molar-refractivity contribution is 0.196. The molecule has 0 saturated carbocycles. The Kier molecular flexibility index (Phi) is 5.56. The number of benzene rings is 1. The number of aliphatic hydroxyl groups is 1. The van der Waals surface area contributed by atoms with E-state index in [2.05, 4.69) is 18.7 Å². The first kappa shape index (κ1) is 14.9. The molecule has 0 amide bonds. The maximum absolute atomic E-state index is 13.3. The number of rotatable bonds is 6. The molecule has 0 aliphatic heterocycles. The van der Waals surface area contributed by atoms with Crippen LogP contribution in [0.15, 0.2) is 18.2 Å². The molecule has 1 atom stereocenters. The van der Waals surface area contributed by atoms with Crippen molar-refractivity contribution in [2.75, 3.05) is 25.2 Å². The molecule has 0 aliphatic carbocycles. The van der Waals surface area contributed by atoms with Crippen LogP contribution in [0, 0.1) is 5.82 Å². The minimum atomic E-state index is -0.695. The third-order valence-corrected chi connectivity index (χ3v) is 2.91. The predicted molar refractivity (Wildman–Crippen MR) is 71.4 cm³/mol. The summed E-state index contributed by atoms with van der Waals surface area (Å²) in [4.78, 5) is 2.10. The van der Waals surface area contributed by atoms with Gasteiger partial charge in [-0.1, -0.05) is 0 Å². The summed E-state index contributed by atoms with van der Waals surface area (Å²) in [6, 6.07) is 4.78. The molecule has 0 unspecified atom stereocenters. The summed E-state index contributed by atoms with van der Waals surface area (Å²) in [6.45, 7) is 7.07. The lowest BCUT2D eigenvalue weighted by Gasteiger charge is -2.31. The number of nitrogens with zero attached hydrogens (tertiary/aromatic N) is 1. The van der Waals surface area contributed by atoms with Gasteiger partial charge in [0.2, 0.25) is 0 Å². The van der Waals surface area contributed by atoms with Gasteiger partial charge in [-0.15, -0.1) is 0 Å². The van der Waals surface area contributed by atoms with Gasteiger partial charge in [0.1, 0.15) is 5.82 Å². The average molecular weight is 255 g/mol. The molecule has 1 rings (SSSR count). The Bertz CT molecular complexity index is 380. The van der Waals surface area contributed by atoms with E-state index in [0.717, 1.165) is 5.69 Å². The molecular weight excluding hydrogens is 233 g/mol. The van der Waals surface area contributed by atoms with E-state index in [4.69, 9.17) is 4.74 Å². The van der Waals surface area contributed by atoms with Gasteiger partial charge in [0, 0.05) is 30.9 Å². The number of hydrogen-bond acceptors (Lipinski definition) is 3. The van der Waals surface area contributed by atoms with Crippen molar-refractivity contribution in [2.45, 2.75) is 32.9 Å². The van der Waals surface area contributed by atoms with Crippen LogP contribution in [0.3, 0.4) is 0 Å². The molecule has 1 aromatic carbocycles. The van der Waals surface area contributed by atoms with Gasteiger partial charge in [-0.2, -0.15) is 0 Å². The predicted octanol–water partition coefficient (Wildman–Crippen LogP) is 2.74. The van der Waals surface area contributed by atoms with Crippen molar-refractivity contribution in [3.8, 4) is 0 Å². The topological polar surface area (TPSA) is 32.7 Å². The molecule has 0 aromatic heterocycles. The molecule has 0 radical (unpaired) electrons. The van der Waals surface area contributed by atoms with Crippen LogP contribution >= 0.6 is 0 Å². The summed E-state index contributed by atoms with van der Waals surface area (Å²) in [5.74, 6) is -0.329. The second-order valence-corrected chi connectivity index (χ2v) is 4.66. The molecule has 1 aromatic rings. The summed E-state index contributed by atoms with van der Waals surface area (Å²) >= 11 is 0. The molecule has 0 heterocycles. The first-order chi connectivity index (χ1) is 8.47. The van der Waals surface area contributed by atoms with Crippen molar-refractivity contribution in [2.24, 2.45) is 0 Å². The minimum Gasteiger partial charge on any atom is -0.389 e. The van der Waals surface area contributed by atoms with E-state index in [0.29, 0.717) is 18.7 Å². The van der Waals surface area contributed by atoms with Crippen molar-refractivity contribution in [3.05, 3.63) is 29.6 Å². The van der Waals surface area contributed by atoms with Crippen molar-refractivity contribution >= 4 is 5.69 Å². The van der Waals surface area contributed by atoms with E-state index in [-0.39, 0.29) is 11.9 Å². The van der Waals surface area contributed by atoms with Gasteiger partial charge in [-0.05, 0) is 39.0 Å². The van der Waals surface area contributed by atoms with Crippen LogP contribution in [0.1, 0.15) is 32.4 Å². The molecule has 0 aliphatic rings. The zero-order chi connectivity index (χ0) is 13.7. The first-order valence-corrected chi connectivity index (χ1v) is 6.20. The molecule has 0 bridgehead atoms. The van der Waals surface area contributed by atoms with E-state index >= 15 is 0 Å². The van der Waals surface area contributed by atoms with Crippen LogP contribution < -0.4 is 4.90 Å². The second-order valence-electron chi connectivity index (χ2n) is 4.66. The normalized spacial score (nSPS) is 12.8. The number of ether oxygens (including phenoxy) is 1. The number of anilines is 1. The van der Waals surface area contributed by atoms with Gasteiger partial charge in [0.05, 0.1) is 12.7 Å². The Hall–Kier alpha value is -1.13. The number of aliphatic hydroxyl groups excluding tert-OH is 1. The number of methoxy groups -OCH3 is 1. The first-order valence-electron chi connectivity index (χ1n) is 6.20. The van der Waals surface area contributed by atoms with Gasteiger partial charge >= 0.3 is 0 Å². The van der Waals surface area contributed by atoms with E-state index in [1.807, 2.05) is 0 Å². The maximum Gasteiger partial charge on any atom is 0.123 e. The van der Waals surface area contributed by atoms with Crippen LogP contribution in [-0.4, -0.2) is 31.4 Å². The highest BCUT2D eigenvalue weighted by atomic mass is 19.1. The van der Waals surface area contributed by atoms with E-state index in [1.54, 1.807) is 20.1 Å². The fourth-order valence-electron chi connectivity index (χ4n) is 1.97. The molecule has 4 heteroatoms. The fourth-order valence-corrected chi connectivity index (χ4v) is 1.97. The highest BCUT2D eigenvalue weighted by Gasteiger charge is 2.17. The Morgan fingerprint density at radius 3 is 2.50 bits per heavy atom. The fraction of sp³-hybridized carbons (Fsp3) is 0.571. The Balaban J connectivity index is 3.10. The summed E-state index contributed by atoms with van der Waals surface area (Å²) < 4.78 is 18.4.